The van der Waals surface area contributed by atoms with Crippen molar-refractivity contribution >= 4 is 29.1 Å². The summed E-state index contributed by atoms with van der Waals surface area (Å²) >= 11 is 5.93. The van der Waals surface area contributed by atoms with E-state index in [1.165, 1.54) is 0 Å². The summed E-state index contributed by atoms with van der Waals surface area (Å²) in [5.41, 5.74) is 1.64. The van der Waals surface area contributed by atoms with Crippen LogP contribution in [-0.2, 0) is 16.1 Å². The van der Waals surface area contributed by atoms with Gasteiger partial charge in [-0.15, -0.1) is 0 Å². The fraction of sp³-hybridized carbons (Fsp3) is 0.333. The van der Waals surface area contributed by atoms with Crippen LogP contribution in [0.15, 0.2) is 18.2 Å². The van der Waals surface area contributed by atoms with Gasteiger partial charge in [0.2, 0.25) is 11.8 Å². The summed E-state index contributed by atoms with van der Waals surface area (Å²) in [6, 6.07) is 4.99. The van der Waals surface area contributed by atoms with Crippen LogP contribution in [0.25, 0.3) is 0 Å². The fourth-order valence-corrected chi connectivity index (χ4v) is 2.61. The molecule has 0 spiro atoms. The zero-order valence-electron chi connectivity index (χ0n) is 9.07. The first-order valence-electron chi connectivity index (χ1n) is 5.54. The van der Waals surface area contributed by atoms with Gasteiger partial charge in [-0.3, -0.25) is 9.59 Å². The topological polar surface area (TPSA) is 49.4 Å². The number of carbonyl (C=O) groups excluding carboxylic acids is 2. The molecule has 2 heterocycles. The second-order valence-corrected chi connectivity index (χ2v) is 4.80. The molecule has 3 rings (SSSR count). The number of nitrogens with one attached hydrogen (secondary N) is 1. The third kappa shape index (κ3) is 1.69. The lowest BCUT2D eigenvalue weighted by atomic mass is 10.1. The van der Waals surface area contributed by atoms with Crippen LogP contribution in [0.4, 0.5) is 5.69 Å². The molecule has 0 unspecified atom stereocenters. The molecule has 1 saturated heterocycles. The first-order valence-corrected chi connectivity index (χ1v) is 5.92. The van der Waals surface area contributed by atoms with Gasteiger partial charge < -0.3 is 10.2 Å². The lowest BCUT2D eigenvalue weighted by molar-refractivity contribution is -0.133. The van der Waals surface area contributed by atoms with Gasteiger partial charge in [-0.25, -0.2) is 0 Å². The second-order valence-electron chi connectivity index (χ2n) is 4.37. The minimum Gasteiger partial charge on any atom is -0.326 e. The first kappa shape index (κ1) is 10.6. The maximum absolute atomic E-state index is 12.0. The van der Waals surface area contributed by atoms with E-state index in [2.05, 4.69) is 5.32 Å². The smallest absolute Gasteiger partial charge is 0.247 e. The van der Waals surface area contributed by atoms with Gasteiger partial charge >= 0.3 is 0 Å². The molecule has 2 aliphatic heterocycles. The Morgan fingerprint density at radius 1 is 1.35 bits per heavy atom. The molecule has 1 aromatic carbocycles. The highest BCUT2D eigenvalue weighted by atomic mass is 35.5. The van der Waals surface area contributed by atoms with Crippen molar-refractivity contribution < 1.29 is 9.59 Å². The van der Waals surface area contributed by atoms with E-state index in [9.17, 15) is 9.59 Å². The van der Waals surface area contributed by atoms with Gasteiger partial charge in [-0.05, 0) is 30.2 Å². The molecule has 0 aromatic heterocycles. The van der Waals surface area contributed by atoms with Crippen LogP contribution in [0.5, 0.6) is 0 Å². The van der Waals surface area contributed by atoms with E-state index in [0.29, 0.717) is 24.4 Å². The van der Waals surface area contributed by atoms with Gasteiger partial charge in [-0.1, -0.05) is 11.6 Å². The molecule has 2 amide bonds. The fourth-order valence-electron chi connectivity index (χ4n) is 2.42. The number of carbonyl (C=O) groups is 2. The SMILES string of the molecule is O=C1Nc2ccc(Cl)cc2CN2C(=O)CC[C@H]12. The Balaban J connectivity index is 2.05. The summed E-state index contributed by atoms with van der Waals surface area (Å²) in [5, 5.41) is 3.46. The third-order valence-corrected chi connectivity index (χ3v) is 3.53. The van der Waals surface area contributed by atoms with Crippen molar-refractivity contribution in [2.45, 2.75) is 25.4 Å². The number of anilines is 1. The van der Waals surface area contributed by atoms with Crippen molar-refractivity contribution in [3.63, 3.8) is 0 Å². The number of nitrogens with zero attached hydrogens (tertiary/aromatic N) is 1. The Hall–Kier alpha value is -1.55. The van der Waals surface area contributed by atoms with Gasteiger partial charge in [0, 0.05) is 23.7 Å². The molecule has 1 aromatic rings. The average Bonchev–Trinajstić information content (AvgIpc) is 2.57. The minimum absolute atomic E-state index is 0.0398. The van der Waals surface area contributed by atoms with Crippen molar-refractivity contribution in [3.8, 4) is 0 Å². The maximum atomic E-state index is 12.0. The van der Waals surface area contributed by atoms with E-state index < -0.39 is 0 Å². The average molecular weight is 251 g/mol. The van der Waals surface area contributed by atoms with Crippen molar-refractivity contribution in [1.29, 1.82) is 0 Å². The summed E-state index contributed by atoms with van der Waals surface area (Å²) < 4.78 is 0. The zero-order valence-corrected chi connectivity index (χ0v) is 9.83. The van der Waals surface area contributed by atoms with Gasteiger partial charge in [0.1, 0.15) is 6.04 Å². The molecular weight excluding hydrogens is 240 g/mol. The molecule has 1 fully saturated rings. The van der Waals surface area contributed by atoms with E-state index in [1.807, 2.05) is 0 Å². The lowest BCUT2D eigenvalue weighted by Crippen LogP contribution is -2.38. The van der Waals surface area contributed by atoms with E-state index in [0.717, 1.165) is 11.3 Å². The van der Waals surface area contributed by atoms with Gasteiger partial charge in [0.15, 0.2) is 0 Å². The maximum Gasteiger partial charge on any atom is 0.247 e. The molecule has 5 heteroatoms. The Bertz CT molecular complexity index is 515. The largest absolute Gasteiger partial charge is 0.326 e. The molecule has 0 bridgehead atoms. The summed E-state index contributed by atoms with van der Waals surface area (Å²) in [5.74, 6) is -0.0603. The van der Waals surface area contributed by atoms with E-state index in [4.69, 9.17) is 11.6 Å². The van der Waals surface area contributed by atoms with Crippen LogP contribution >= 0.6 is 11.6 Å². The van der Waals surface area contributed by atoms with Gasteiger partial charge in [0.25, 0.3) is 0 Å². The van der Waals surface area contributed by atoms with Crippen LogP contribution in [0.3, 0.4) is 0 Å². The number of fused-ring (bicyclic) bond motifs is 2. The highest BCUT2D eigenvalue weighted by Crippen LogP contribution is 2.30. The van der Waals surface area contributed by atoms with Crippen LogP contribution in [0, 0.1) is 0 Å². The first-order chi connectivity index (χ1) is 8.15. The number of benzene rings is 1. The summed E-state index contributed by atoms with van der Waals surface area (Å²) in [4.78, 5) is 25.3. The Kier molecular flexibility index (Phi) is 2.33. The minimum atomic E-state index is -0.325. The summed E-state index contributed by atoms with van der Waals surface area (Å²) in [6.45, 7) is 0.456. The predicted molar refractivity (Wildman–Crippen MR) is 63.7 cm³/mol. The molecule has 0 radical (unpaired) electrons. The third-order valence-electron chi connectivity index (χ3n) is 3.30. The normalized spacial score (nSPS) is 22.9. The molecule has 1 atom stereocenters. The van der Waals surface area contributed by atoms with Crippen molar-refractivity contribution in [2.75, 3.05) is 5.32 Å². The van der Waals surface area contributed by atoms with E-state index in [-0.39, 0.29) is 17.9 Å². The van der Waals surface area contributed by atoms with Gasteiger partial charge in [-0.2, -0.15) is 0 Å². The quantitative estimate of drug-likeness (QED) is 0.763. The highest BCUT2D eigenvalue weighted by molar-refractivity contribution is 6.30. The zero-order chi connectivity index (χ0) is 12.0. The number of hydrogen-bond donors (Lipinski definition) is 1. The number of rotatable bonds is 0. The molecule has 0 saturated carbocycles. The van der Waals surface area contributed by atoms with Crippen LogP contribution in [-0.4, -0.2) is 22.8 Å². The Labute approximate surface area is 104 Å². The second kappa shape index (κ2) is 3.74. The van der Waals surface area contributed by atoms with Crippen molar-refractivity contribution in [3.05, 3.63) is 28.8 Å². The molecule has 2 aliphatic rings. The number of halogens is 1. The van der Waals surface area contributed by atoms with E-state index >= 15 is 0 Å². The Morgan fingerprint density at radius 2 is 2.18 bits per heavy atom. The summed E-state index contributed by atoms with van der Waals surface area (Å²) in [6.07, 6.45) is 1.06. The number of amides is 2. The summed E-state index contributed by atoms with van der Waals surface area (Å²) in [7, 11) is 0. The van der Waals surface area contributed by atoms with Crippen LogP contribution in [0.1, 0.15) is 18.4 Å². The van der Waals surface area contributed by atoms with Crippen molar-refractivity contribution in [1.82, 2.24) is 4.90 Å². The van der Waals surface area contributed by atoms with Gasteiger partial charge in [0.05, 0.1) is 0 Å². The molecular formula is C12H11ClN2O2. The monoisotopic (exact) mass is 250 g/mol. The predicted octanol–water partition coefficient (Wildman–Crippen LogP) is 1.78. The Morgan fingerprint density at radius 3 is 3.00 bits per heavy atom. The molecule has 4 nitrogen and oxygen atoms in total. The lowest BCUT2D eigenvalue weighted by Gasteiger charge is -2.19. The molecule has 1 N–H and O–H groups in total. The van der Waals surface area contributed by atoms with E-state index in [1.54, 1.807) is 23.1 Å². The molecule has 88 valence electrons. The highest BCUT2D eigenvalue weighted by Gasteiger charge is 2.38. The number of hydrogen-bond acceptors (Lipinski definition) is 2. The standard InChI is InChI=1S/C12H11ClN2O2/c13-8-1-2-9-7(5-8)6-15-10(12(17)14-9)3-4-11(15)16/h1-2,5,10H,3-4,6H2,(H,14,17)/t10-/m1/s1. The van der Waals surface area contributed by atoms with Crippen molar-refractivity contribution in [2.24, 2.45) is 0 Å². The van der Waals surface area contributed by atoms with Crippen LogP contribution < -0.4 is 5.32 Å². The molecule has 17 heavy (non-hydrogen) atoms. The van der Waals surface area contributed by atoms with Crippen LogP contribution in [0.2, 0.25) is 5.02 Å². The molecule has 0 aliphatic carbocycles.